The van der Waals surface area contributed by atoms with Gasteiger partial charge >= 0.3 is 0 Å². The molecule has 0 spiro atoms. The molecule has 2 N–H and O–H groups in total. The van der Waals surface area contributed by atoms with Crippen molar-refractivity contribution in [1.82, 2.24) is 15.6 Å². The smallest absolute Gasteiger partial charge is 0.224 e. The molecular formula is C18H21N3O2. The molecule has 2 rings (SSSR count). The zero-order valence-electron chi connectivity index (χ0n) is 13.2. The molecule has 0 bridgehead atoms. The number of amides is 2. The van der Waals surface area contributed by atoms with E-state index >= 15 is 0 Å². The van der Waals surface area contributed by atoms with Crippen molar-refractivity contribution in [2.75, 3.05) is 6.54 Å². The Hall–Kier alpha value is -2.69. The zero-order chi connectivity index (χ0) is 16.5. The number of carbonyl (C=O) groups excluding carboxylic acids is 2. The third kappa shape index (κ3) is 6.30. The van der Waals surface area contributed by atoms with E-state index in [1.165, 1.54) is 0 Å². The van der Waals surface area contributed by atoms with Gasteiger partial charge in [-0.15, -0.1) is 0 Å². The first-order chi connectivity index (χ1) is 11.1. The number of pyridine rings is 1. The molecule has 2 aromatic rings. The third-order valence-electron chi connectivity index (χ3n) is 3.33. The summed E-state index contributed by atoms with van der Waals surface area (Å²) >= 11 is 0. The first-order valence-corrected chi connectivity index (χ1v) is 7.61. The third-order valence-corrected chi connectivity index (χ3v) is 3.33. The average Bonchev–Trinajstić information content (AvgIpc) is 2.54. The second-order valence-corrected chi connectivity index (χ2v) is 5.40. The Balaban J connectivity index is 1.64. The minimum atomic E-state index is -0.0929. The van der Waals surface area contributed by atoms with Crippen LogP contribution in [0.15, 0.2) is 48.8 Å². The van der Waals surface area contributed by atoms with Crippen LogP contribution in [0, 0.1) is 6.92 Å². The topological polar surface area (TPSA) is 71.1 Å². The summed E-state index contributed by atoms with van der Waals surface area (Å²) < 4.78 is 0. The molecule has 120 valence electrons. The summed E-state index contributed by atoms with van der Waals surface area (Å²) in [6.45, 7) is 2.78. The van der Waals surface area contributed by atoms with Gasteiger partial charge in [0.1, 0.15) is 0 Å². The Morgan fingerprint density at radius 3 is 2.61 bits per heavy atom. The quantitative estimate of drug-likeness (QED) is 0.818. The van der Waals surface area contributed by atoms with Gasteiger partial charge in [-0.05, 0) is 24.1 Å². The maximum Gasteiger partial charge on any atom is 0.224 e. The van der Waals surface area contributed by atoms with E-state index in [9.17, 15) is 9.59 Å². The summed E-state index contributed by atoms with van der Waals surface area (Å²) in [5.74, 6) is -0.166. The second kappa shape index (κ2) is 8.68. The normalized spacial score (nSPS) is 10.1. The highest BCUT2D eigenvalue weighted by atomic mass is 16.2. The van der Waals surface area contributed by atoms with Gasteiger partial charge in [0.15, 0.2) is 0 Å². The molecule has 0 saturated carbocycles. The van der Waals surface area contributed by atoms with Gasteiger partial charge in [0, 0.05) is 31.9 Å². The lowest BCUT2D eigenvalue weighted by Gasteiger charge is -2.07. The summed E-state index contributed by atoms with van der Waals surface area (Å²) in [5, 5.41) is 5.57. The highest BCUT2D eigenvalue weighted by Crippen LogP contribution is 2.04. The van der Waals surface area contributed by atoms with E-state index in [0.29, 0.717) is 19.5 Å². The summed E-state index contributed by atoms with van der Waals surface area (Å²) in [7, 11) is 0. The summed E-state index contributed by atoms with van der Waals surface area (Å²) in [6, 6.07) is 11.6. The number of benzene rings is 1. The maximum atomic E-state index is 11.8. The van der Waals surface area contributed by atoms with E-state index in [1.54, 1.807) is 12.4 Å². The predicted molar refractivity (Wildman–Crippen MR) is 88.6 cm³/mol. The van der Waals surface area contributed by atoms with Crippen LogP contribution in [0.3, 0.4) is 0 Å². The average molecular weight is 311 g/mol. The molecule has 0 saturated heterocycles. The van der Waals surface area contributed by atoms with E-state index in [0.717, 1.165) is 16.7 Å². The van der Waals surface area contributed by atoms with Crippen molar-refractivity contribution in [3.63, 3.8) is 0 Å². The number of aromatic nitrogens is 1. The van der Waals surface area contributed by atoms with Gasteiger partial charge in [-0.1, -0.05) is 35.9 Å². The molecule has 5 nitrogen and oxygen atoms in total. The largest absolute Gasteiger partial charge is 0.355 e. The van der Waals surface area contributed by atoms with E-state index in [2.05, 4.69) is 15.6 Å². The van der Waals surface area contributed by atoms with Crippen molar-refractivity contribution in [1.29, 1.82) is 0 Å². The van der Waals surface area contributed by atoms with Gasteiger partial charge in [0.25, 0.3) is 0 Å². The standard InChI is InChI=1S/C18H21N3O2/c1-14-4-2-5-15(10-14)11-18(23)20-9-7-17(22)21-13-16-6-3-8-19-12-16/h2-6,8,10,12H,7,9,11,13H2,1H3,(H,20,23)(H,21,22). The van der Waals surface area contributed by atoms with Crippen molar-refractivity contribution in [2.45, 2.75) is 26.3 Å². The van der Waals surface area contributed by atoms with Crippen molar-refractivity contribution < 1.29 is 9.59 Å². The Bertz CT molecular complexity index is 656. The summed E-state index contributed by atoms with van der Waals surface area (Å²) in [6.07, 6.45) is 4.00. The lowest BCUT2D eigenvalue weighted by atomic mass is 10.1. The number of carbonyl (C=O) groups is 2. The van der Waals surface area contributed by atoms with Gasteiger partial charge in [0.05, 0.1) is 6.42 Å². The number of hydrogen-bond donors (Lipinski definition) is 2. The van der Waals surface area contributed by atoms with Crippen molar-refractivity contribution in [3.05, 3.63) is 65.5 Å². The van der Waals surface area contributed by atoms with Gasteiger partial charge in [0.2, 0.25) is 11.8 Å². The Kier molecular flexibility index (Phi) is 6.29. The van der Waals surface area contributed by atoms with Crippen molar-refractivity contribution in [3.8, 4) is 0 Å². The predicted octanol–water partition coefficient (Wildman–Crippen LogP) is 1.76. The number of nitrogens with one attached hydrogen (secondary N) is 2. The highest BCUT2D eigenvalue weighted by molar-refractivity contribution is 5.80. The lowest BCUT2D eigenvalue weighted by Crippen LogP contribution is -2.31. The molecule has 0 fully saturated rings. The Morgan fingerprint density at radius 2 is 1.87 bits per heavy atom. The minimum Gasteiger partial charge on any atom is -0.355 e. The van der Waals surface area contributed by atoms with Crippen molar-refractivity contribution in [2.24, 2.45) is 0 Å². The molecule has 1 heterocycles. The van der Waals surface area contributed by atoms with E-state index in [-0.39, 0.29) is 18.2 Å². The van der Waals surface area contributed by atoms with Crippen LogP contribution in [-0.2, 0) is 22.6 Å². The number of nitrogens with zero attached hydrogens (tertiary/aromatic N) is 1. The Labute approximate surface area is 136 Å². The van der Waals surface area contributed by atoms with E-state index < -0.39 is 0 Å². The maximum absolute atomic E-state index is 11.8. The minimum absolute atomic E-state index is 0.0735. The van der Waals surface area contributed by atoms with Gasteiger partial charge in [-0.3, -0.25) is 14.6 Å². The molecule has 0 radical (unpaired) electrons. The molecule has 0 atom stereocenters. The fraction of sp³-hybridized carbons (Fsp3) is 0.278. The van der Waals surface area contributed by atoms with Crippen LogP contribution in [0.1, 0.15) is 23.1 Å². The van der Waals surface area contributed by atoms with Gasteiger partial charge in [-0.25, -0.2) is 0 Å². The first-order valence-electron chi connectivity index (χ1n) is 7.61. The molecule has 23 heavy (non-hydrogen) atoms. The fourth-order valence-corrected chi connectivity index (χ4v) is 2.18. The number of aryl methyl sites for hydroxylation is 1. The van der Waals surface area contributed by atoms with Gasteiger partial charge in [-0.2, -0.15) is 0 Å². The molecule has 0 aliphatic rings. The monoisotopic (exact) mass is 311 g/mol. The zero-order valence-corrected chi connectivity index (χ0v) is 13.2. The van der Waals surface area contributed by atoms with Gasteiger partial charge < -0.3 is 10.6 Å². The summed E-state index contributed by atoms with van der Waals surface area (Å²) in [4.78, 5) is 27.5. The van der Waals surface area contributed by atoms with Crippen LogP contribution in [0.5, 0.6) is 0 Å². The molecule has 5 heteroatoms. The van der Waals surface area contributed by atoms with Crippen molar-refractivity contribution >= 4 is 11.8 Å². The van der Waals surface area contributed by atoms with Crippen LogP contribution in [0.2, 0.25) is 0 Å². The molecule has 0 aliphatic heterocycles. The van der Waals surface area contributed by atoms with Crippen LogP contribution < -0.4 is 10.6 Å². The molecule has 0 unspecified atom stereocenters. The number of rotatable bonds is 7. The molecule has 2 amide bonds. The van der Waals surface area contributed by atoms with E-state index in [4.69, 9.17) is 0 Å². The molecule has 1 aromatic carbocycles. The van der Waals surface area contributed by atoms with E-state index in [1.807, 2.05) is 43.3 Å². The summed E-state index contributed by atoms with van der Waals surface area (Å²) in [5.41, 5.74) is 3.05. The SMILES string of the molecule is Cc1cccc(CC(=O)NCCC(=O)NCc2cccnc2)c1. The van der Waals surface area contributed by atoms with Crippen LogP contribution >= 0.6 is 0 Å². The fourth-order valence-electron chi connectivity index (χ4n) is 2.18. The molecular weight excluding hydrogens is 290 g/mol. The molecule has 0 aliphatic carbocycles. The second-order valence-electron chi connectivity index (χ2n) is 5.40. The lowest BCUT2D eigenvalue weighted by molar-refractivity contribution is -0.122. The first kappa shape index (κ1) is 16.7. The number of hydrogen-bond acceptors (Lipinski definition) is 3. The molecule has 1 aromatic heterocycles. The van der Waals surface area contributed by atoms with Crippen LogP contribution in [-0.4, -0.2) is 23.3 Å². The van der Waals surface area contributed by atoms with Crippen LogP contribution in [0.4, 0.5) is 0 Å². The van der Waals surface area contributed by atoms with Crippen LogP contribution in [0.25, 0.3) is 0 Å². The highest BCUT2D eigenvalue weighted by Gasteiger charge is 2.05. The Morgan fingerprint density at radius 1 is 1.04 bits per heavy atom.